The Bertz CT molecular complexity index is 1120. The van der Waals surface area contributed by atoms with E-state index in [9.17, 15) is 22.4 Å². The van der Waals surface area contributed by atoms with Crippen LogP contribution in [0.4, 0.5) is 15.8 Å². The van der Waals surface area contributed by atoms with Crippen molar-refractivity contribution in [2.75, 3.05) is 15.9 Å². The van der Waals surface area contributed by atoms with Crippen molar-refractivity contribution >= 4 is 49.2 Å². The smallest absolute Gasteiger partial charge is 0.338 e. The molecule has 1 aliphatic rings. The molecule has 0 bridgehead atoms. The molecule has 2 atom stereocenters. The third kappa shape index (κ3) is 4.65. The van der Waals surface area contributed by atoms with Crippen LogP contribution >= 0.6 is 15.9 Å². The molecule has 7 nitrogen and oxygen atoms in total. The van der Waals surface area contributed by atoms with E-state index in [2.05, 4.69) is 21.2 Å². The van der Waals surface area contributed by atoms with E-state index in [4.69, 9.17) is 4.74 Å². The van der Waals surface area contributed by atoms with E-state index in [-0.39, 0.29) is 17.3 Å². The first-order valence-electron chi connectivity index (χ1n) is 9.06. The Kier molecular flexibility index (Phi) is 6.19. The Labute approximate surface area is 182 Å². The summed E-state index contributed by atoms with van der Waals surface area (Å²) in [4.78, 5) is 24.7. The average Bonchev–Trinajstić information content (AvgIpc) is 2.98. The number of fused-ring (bicyclic) bond motifs is 1. The van der Waals surface area contributed by atoms with Crippen LogP contribution in [0.1, 0.15) is 29.8 Å². The maximum Gasteiger partial charge on any atom is 0.338 e. The third-order valence-corrected chi connectivity index (χ3v) is 6.43. The third-order valence-electron chi connectivity index (χ3n) is 4.67. The second-order valence-corrected chi connectivity index (χ2v) is 9.89. The van der Waals surface area contributed by atoms with E-state index in [0.29, 0.717) is 22.1 Å². The zero-order chi connectivity index (χ0) is 22.2. The van der Waals surface area contributed by atoms with E-state index >= 15 is 0 Å². The molecule has 0 fully saturated rings. The molecule has 2 aromatic rings. The number of benzene rings is 2. The number of ether oxygens (including phenoxy) is 1. The molecule has 0 radical (unpaired) electrons. The van der Waals surface area contributed by atoms with Crippen molar-refractivity contribution in [3.05, 3.63) is 57.8 Å². The average molecular weight is 499 g/mol. The topological polar surface area (TPSA) is 92.8 Å². The van der Waals surface area contributed by atoms with Crippen LogP contribution in [0.5, 0.6) is 0 Å². The molecule has 0 saturated carbocycles. The van der Waals surface area contributed by atoms with Crippen LogP contribution in [0.25, 0.3) is 0 Å². The van der Waals surface area contributed by atoms with Crippen molar-refractivity contribution < 1.29 is 27.1 Å². The number of rotatable bonds is 5. The molecule has 0 saturated heterocycles. The van der Waals surface area contributed by atoms with Gasteiger partial charge in [-0.05, 0) is 62.2 Å². The van der Waals surface area contributed by atoms with Gasteiger partial charge in [0.15, 0.2) is 6.10 Å². The second kappa shape index (κ2) is 8.35. The van der Waals surface area contributed by atoms with Gasteiger partial charge in [0.2, 0.25) is 10.0 Å². The van der Waals surface area contributed by atoms with Crippen LogP contribution in [-0.2, 0) is 26.0 Å². The van der Waals surface area contributed by atoms with Gasteiger partial charge >= 0.3 is 5.97 Å². The lowest BCUT2D eigenvalue weighted by Crippen LogP contribution is -2.34. The highest BCUT2D eigenvalue weighted by molar-refractivity contribution is 9.10. The fourth-order valence-corrected chi connectivity index (χ4v) is 4.94. The van der Waals surface area contributed by atoms with E-state index in [1.54, 1.807) is 25.1 Å². The molecule has 1 N–H and O–H groups in total. The summed E-state index contributed by atoms with van der Waals surface area (Å²) in [5.41, 5.74) is 1.40. The number of halogens is 2. The predicted octanol–water partition coefficient (Wildman–Crippen LogP) is 3.48. The largest absolute Gasteiger partial charge is 0.449 e. The number of nitrogens with one attached hydrogen (secondary N) is 1. The maximum absolute atomic E-state index is 13.9. The minimum Gasteiger partial charge on any atom is -0.449 e. The van der Waals surface area contributed by atoms with Crippen LogP contribution in [0.15, 0.2) is 40.9 Å². The molecule has 0 aromatic heterocycles. The lowest BCUT2D eigenvalue weighted by molar-refractivity contribution is -0.123. The van der Waals surface area contributed by atoms with Gasteiger partial charge < -0.3 is 10.1 Å². The number of amides is 1. The van der Waals surface area contributed by atoms with Crippen molar-refractivity contribution in [3.8, 4) is 0 Å². The van der Waals surface area contributed by atoms with Gasteiger partial charge in [0.1, 0.15) is 5.82 Å². The van der Waals surface area contributed by atoms with Crippen LogP contribution < -0.4 is 9.62 Å². The summed E-state index contributed by atoms with van der Waals surface area (Å²) in [6.45, 7) is 3.16. The number of esters is 1. The highest BCUT2D eigenvalue weighted by Crippen LogP contribution is 2.34. The van der Waals surface area contributed by atoms with Crippen molar-refractivity contribution in [1.82, 2.24) is 0 Å². The molecule has 160 valence electrons. The molecular formula is C20H20BrFN2O5S. The Morgan fingerprint density at radius 2 is 1.97 bits per heavy atom. The number of hydrogen-bond acceptors (Lipinski definition) is 5. The molecule has 0 spiro atoms. The molecule has 0 aliphatic carbocycles. The molecule has 1 amide bonds. The Hall–Kier alpha value is -2.46. The Morgan fingerprint density at radius 3 is 2.60 bits per heavy atom. The lowest BCUT2D eigenvalue weighted by Gasteiger charge is -2.22. The number of carbonyl (C=O) groups is 2. The van der Waals surface area contributed by atoms with Gasteiger partial charge in [-0.25, -0.2) is 17.6 Å². The fourth-order valence-electron chi connectivity index (χ4n) is 3.34. The van der Waals surface area contributed by atoms with Gasteiger partial charge in [-0.3, -0.25) is 9.10 Å². The van der Waals surface area contributed by atoms with Gasteiger partial charge in [0, 0.05) is 10.5 Å². The van der Waals surface area contributed by atoms with Gasteiger partial charge in [-0.15, -0.1) is 0 Å². The molecule has 10 heteroatoms. The molecule has 1 heterocycles. The SMILES string of the molecule is CC(OC(=O)c1ccc2c(c1)CC(C)N2S(C)(=O)=O)C(=O)Nc1ccc(Br)cc1F. The highest BCUT2D eigenvalue weighted by atomic mass is 79.9. The van der Waals surface area contributed by atoms with Gasteiger partial charge in [0.25, 0.3) is 5.91 Å². The summed E-state index contributed by atoms with van der Waals surface area (Å²) >= 11 is 3.13. The van der Waals surface area contributed by atoms with Crippen LogP contribution in [0.3, 0.4) is 0 Å². The lowest BCUT2D eigenvalue weighted by atomic mass is 10.1. The van der Waals surface area contributed by atoms with E-state index in [1.165, 1.54) is 29.4 Å². The molecule has 1 aliphatic heterocycles. The number of sulfonamides is 1. The summed E-state index contributed by atoms with van der Waals surface area (Å²) in [6, 6.07) is 8.48. The number of carbonyl (C=O) groups excluding carboxylic acids is 2. The molecular weight excluding hydrogens is 479 g/mol. The first-order valence-corrected chi connectivity index (χ1v) is 11.7. The van der Waals surface area contributed by atoms with Crippen LogP contribution in [-0.4, -0.2) is 38.7 Å². The van der Waals surface area contributed by atoms with Gasteiger partial charge in [-0.2, -0.15) is 0 Å². The minimum atomic E-state index is -3.43. The van der Waals surface area contributed by atoms with E-state index in [0.717, 1.165) is 6.26 Å². The zero-order valence-corrected chi connectivity index (χ0v) is 18.9. The molecule has 3 rings (SSSR count). The molecule has 2 aromatic carbocycles. The molecule has 2 unspecified atom stereocenters. The fraction of sp³-hybridized carbons (Fsp3) is 0.300. The normalized spacial score (nSPS) is 16.7. The Balaban J connectivity index is 1.70. The number of nitrogens with zero attached hydrogens (tertiary/aromatic N) is 1. The summed E-state index contributed by atoms with van der Waals surface area (Å²) in [5.74, 6) is -2.04. The van der Waals surface area contributed by atoms with Gasteiger partial charge in [0.05, 0.1) is 23.2 Å². The predicted molar refractivity (Wildman–Crippen MR) is 115 cm³/mol. The maximum atomic E-state index is 13.9. The standard InChI is InChI=1S/C20H20BrFN2O5S/c1-11-8-14-9-13(4-7-18(14)24(11)30(3,27)28)20(26)29-12(2)19(25)23-17-6-5-15(21)10-16(17)22/h4-7,9-12H,8H2,1-3H3,(H,23,25). The zero-order valence-electron chi connectivity index (χ0n) is 16.5. The van der Waals surface area contributed by atoms with Crippen molar-refractivity contribution in [3.63, 3.8) is 0 Å². The minimum absolute atomic E-state index is 0.0292. The van der Waals surface area contributed by atoms with Crippen LogP contribution in [0, 0.1) is 5.82 Å². The van der Waals surface area contributed by atoms with Crippen LogP contribution in [0.2, 0.25) is 0 Å². The summed E-state index contributed by atoms with van der Waals surface area (Å²) < 4.78 is 44.9. The first kappa shape index (κ1) is 22.2. The number of anilines is 2. The Morgan fingerprint density at radius 1 is 1.27 bits per heavy atom. The number of hydrogen-bond donors (Lipinski definition) is 1. The van der Waals surface area contributed by atoms with Gasteiger partial charge in [-0.1, -0.05) is 15.9 Å². The first-order chi connectivity index (χ1) is 14.0. The summed E-state index contributed by atoms with van der Waals surface area (Å²) in [6.07, 6.45) is 0.429. The monoisotopic (exact) mass is 498 g/mol. The highest BCUT2D eigenvalue weighted by Gasteiger charge is 2.33. The van der Waals surface area contributed by atoms with Crippen molar-refractivity contribution in [2.45, 2.75) is 32.4 Å². The summed E-state index contributed by atoms with van der Waals surface area (Å²) in [7, 11) is -3.43. The van der Waals surface area contributed by atoms with E-state index in [1.807, 2.05) is 0 Å². The summed E-state index contributed by atoms with van der Waals surface area (Å²) in [5, 5.41) is 2.38. The quantitative estimate of drug-likeness (QED) is 0.636. The molecule has 30 heavy (non-hydrogen) atoms. The van der Waals surface area contributed by atoms with E-state index < -0.39 is 33.8 Å². The second-order valence-electron chi connectivity index (χ2n) is 7.12. The van der Waals surface area contributed by atoms with Crippen molar-refractivity contribution in [2.24, 2.45) is 0 Å². The van der Waals surface area contributed by atoms with Crippen molar-refractivity contribution in [1.29, 1.82) is 0 Å².